The highest BCUT2D eigenvalue weighted by Crippen LogP contribution is 2.09. The lowest BCUT2D eigenvalue weighted by atomic mass is 10.2. The van der Waals surface area contributed by atoms with Gasteiger partial charge in [-0.1, -0.05) is 58.4 Å². The number of rotatable bonds is 2. The molecule has 2 aromatic carbocycles. The summed E-state index contributed by atoms with van der Waals surface area (Å²) >= 11 is 3.29. The lowest BCUT2D eigenvalue weighted by molar-refractivity contribution is 0.281. The summed E-state index contributed by atoms with van der Waals surface area (Å²) in [6.07, 6.45) is 0. The maximum atomic E-state index is 8.61. The van der Waals surface area contributed by atoms with Crippen LogP contribution in [0.25, 0.3) is 0 Å². The van der Waals surface area contributed by atoms with Crippen molar-refractivity contribution in [1.82, 2.24) is 0 Å². The molecule has 2 rings (SSSR count). The van der Waals surface area contributed by atoms with E-state index in [1.807, 2.05) is 54.6 Å². The molecule has 0 aliphatic carbocycles. The van der Waals surface area contributed by atoms with Crippen LogP contribution in [0.4, 0.5) is 0 Å². The van der Waals surface area contributed by atoms with Crippen LogP contribution in [0, 0.1) is 0 Å². The van der Waals surface area contributed by atoms with E-state index in [4.69, 9.17) is 10.2 Å². The Hall–Kier alpha value is -1.16. The first kappa shape index (κ1) is 13.9. The largest absolute Gasteiger partial charge is 0.392 e. The van der Waals surface area contributed by atoms with Gasteiger partial charge in [-0.2, -0.15) is 0 Å². The Labute approximate surface area is 110 Å². The van der Waals surface area contributed by atoms with E-state index in [0.717, 1.165) is 15.6 Å². The molecule has 0 radical (unpaired) electrons. The lowest BCUT2D eigenvalue weighted by Crippen LogP contribution is -1.79. The van der Waals surface area contributed by atoms with Crippen LogP contribution in [0.2, 0.25) is 0 Å². The van der Waals surface area contributed by atoms with Gasteiger partial charge in [0.2, 0.25) is 0 Å². The smallest absolute Gasteiger partial charge is 0.0681 e. The van der Waals surface area contributed by atoms with Gasteiger partial charge in [-0.15, -0.1) is 0 Å². The normalized spacial score (nSPS) is 9.35. The van der Waals surface area contributed by atoms with Gasteiger partial charge in [0.15, 0.2) is 0 Å². The second kappa shape index (κ2) is 8.01. The molecule has 0 spiro atoms. The zero-order chi connectivity index (χ0) is 12.5. The van der Waals surface area contributed by atoms with Crippen molar-refractivity contribution in [1.29, 1.82) is 0 Å². The molecule has 0 atom stereocenters. The molecule has 0 aliphatic heterocycles. The second-order valence-electron chi connectivity index (χ2n) is 3.43. The van der Waals surface area contributed by atoms with E-state index in [9.17, 15) is 0 Å². The van der Waals surface area contributed by atoms with Crippen LogP contribution < -0.4 is 0 Å². The van der Waals surface area contributed by atoms with Gasteiger partial charge in [-0.3, -0.25) is 0 Å². The number of aliphatic hydroxyl groups is 2. The summed E-state index contributed by atoms with van der Waals surface area (Å²) in [6.45, 7) is 0.258. The van der Waals surface area contributed by atoms with Crippen LogP contribution in [0.3, 0.4) is 0 Å². The van der Waals surface area contributed by atoms with Gasteiger partial charge in [-0.25, -0.2) is 0 Å². The van der Waals surface area contributed by atoms with Crippen LogP contribution >= 0.6 is 15.9 Å². The molecule has 0 bridgehead atoms. The fraction of sp³-hybridized carbons (Fsp3) is 0.143. The molecule has 0 unspecified atom stereocenters. The molecule has 0 aliphatic rings. The van der Waals surface area contributed by atoms with Crippen molar-refractivity contribution in [3.05, 3.63) is 70.2 Å². The van der Waals surface area contributed by atoms with E-state index in [2.05, 4.69) is 15.9 Å². The Balaban J connectivity index is 0.000000171. The predicted octanol–water partition coefficient (Wildman–Crippen LogP) is 3.12. The molecular weight excluding hydrogens is 280 g/mol. The van der Waals surface area contributed by atoms with E-state index >= 15 is 0 Å². The van der Waals surface area contributed by atoms with Gasteiger partial charge in [0.05, 0.1) is 13.2 Å². The third-order valence-corrected chi connectivity index (χ3v) is 2.65. The quantitative estimate of drug-likeness (QED) is 0.893. The summed E-state index contributed by atoms with van der Waals surface area (Å²) < 4.78 is 1.04. The standard InChI is InChI=1S/C7H7BrO.C7H8O/c8-7-3-1-6(5-9)2-4-7;8-6-7-4-2-1-3-5-7/h1-4,9H,5H2;1-5,8H,6H2. The van der Waals surface area contributed by atoms with Gasteiger partial charge in [0.25, 0.3) is 0 Å². The Morgan fingerprint density at radius 2 is 1.18 bits per heavy atom. The first-order chi connectivity index (χ1) is 8.26. The molecule has 0 fully saturated rings. The van der Waals surface area contributed by atoms with Gasteiger partial charge >= 0.3 is 0 Å². The third kappa shape index (κ3) is 5.63. The van der Waals surface area contributed by atoms with E-state index in [1.165, 1.54) is 0 Å². The van der Waals surface area contributed by atoms with Crippen molar-refractivity contribution >= 4 is 15.9 Å². The average Bonchev–Trinajstić information content (AvgIpc) is 2.41. The van der Waals surface area contributed by atoms with Gasteiger partial charge < -0.3 is 10.2 Å². The summed E-state index contributed by atoms with van der Waals surface area (Å²) in [5.74, 6) is 0. The van der Waals surface area contributed by atoms with Crippen LogP contribution in [-0.2, 0) is 13.2 Å². The van der Waals surface area contributed by atoms with Crippen molar-refractivity contribution in [3.8, 4) is 0 Å². The topological polar surface area (TPSA) is 40.5 Å². The zero-order valence-corrected chi connectivity index (χ0v) is 11.0. The number of hydrogen-bond donors (Lipinski definition) is 2. The highest BCUT2D eigenvalue weighted by atomic mass is 79.9. The summed E-state index contributed by atoms with van der Waals surface area (Å²) in [4.78, 5) is 0. The highest BCUT2D eigenvalue weighted by Gasteiger charge is 1.87. The highest BCUT2D eigenvalue weighted by molar-refractivity contribution is 9.10. The summed E-state index contributed by atoms with van der Waals surface area (Å²) in [5.41, 5.74) is 1.91. The third-order valence-electron chi connectivity index (χ3n) is 2.12. The molecule has 17 heavy (non-hydrogen) atoms. The minimum absolute atomic E-state index is 0.118. The van der Waals surface area contributed by atoms with E-state index in [1.54, 1.807) is 0 Å². The molecule has 0 heterocycles. The van der Waals surface area contributed by atoms with Gasteiger partial charge in [0, 0.05) is 4.47 Å². The van der Waals surface area contributed by atoms with Crippen molar-refractivity contribution in [3.63, 3.8) is 0 Å². The van der Waals surface area contributed by atoms with Gasteiger partial charge in [-0.05, 0) is 23.3 Å². The molecule has 90 valence electrons. The average molecular weight is 295 g/mol. The van der Waals surface area contributed by atoms with Crippen LogP contribution in [-0.4, -0.2) is 10.2 Å². The minimum atomic E-state index is 0.118. The zero-order valence-electron chi connectivity index (χ0n) is 9.38. The Kier molecular flexibility index (Phi) is 6.55. The van der Waals surface area contributed by atoms with Gasteiger partial charge in [0.1, 0.15) is 0 Å². The molecule has 2 nitrogen and oxygen atoms in total. The minimum Gasteiger partial charge on any atom is -0.392 e. The fourth-order valence-electron chi connectivity index (χ4n) is 1.17. The molecule has 2 N–H and O–H groups in total. The van der Waals surface area contributed by atoms with Crippen molar-refractivity contribution < 1.29 is 10.2 Å². The maximum Gasteiger partial charge on any atom is 0.0681 e. The monoisotopic (exact) mass is 294 g/mol. The van der Waals surface area contributed by atoms with Crippen LogP contribution in [0.1, 0.15) is 11.1 Å². The summed E-state index contributed by atoms with van der Waals surface area (Å²) in [7, 11) is 0. The molecular formula is C14H15BrO2. The maximum absolute atomic E-state index is 8.61. The SMILES string of the molecule is OCc1ccc(Br)cc1.OCc1ccccc1. The predicted molar refractivity (Wildman–Crippen MR) is 72.4 cm³/mol. The fourth-order valence-corrected chi connectivity index (χ4v) is 1.44. The molecule has 0 amide bonds. The van der Waals surface area contributed by atoms with E-state index in [0.29, 0.717) is 0 Å². The summed E-state index contributed by atoms with van der Waals surface area (Å²) in [6, 6.07) is 17.1. The molecule has 3 heteroatoms. The number of benzene rings is 2. The van der Waals surface area contributed by atoms with E-state index < -0.39 is 0 Å². The molecule has 0 aromatic heterocycles. The molecule has 2 aromatic rings. The van der Waals surface area contributed by atoms with Crippen LogP contribution in [0.15, 0.2) is 59.1 Å². The Morgan fingerprint density at radius 1 is 0.706 bits per heavy atom. The van der Waals surface area contributed by atoms with Crippen molar-refractivity contribution in [2.24, 2.45) is 0 Å². The second-order valence-corrected chi connectivity index (χ2v) is 4.34. The van der Waals surface area contributed by atoms with Crippen molar-refractivity contribution in [2.45, 2.75) is 13.2 Å². The number of aliphatic hydroxyl groups excluding tert-OH is 2. The number of halogens is 1. The Bertz CT molecular complexity index is 412. The molecule has 0 saturated heterocycles. The van der Waals surface area contributed by atoms with Crippen LogP contribution in [0.5, 0.6) is 0 Å². The first-order valence-corrected chi connectivity index (χ1v) is 6.05. The lowest BCUT2D eigenvalue weighted by Gasteiger charge is -1.92. The molecule has 0 saturated carbocycles. The Morgan fingerprint density at radius 3 is 1.59 bits per heavy atom. The van der Waals surface area contributed by atoms with E-state index in [-0.39, 0.29) is 13.2 Å². The summed E-state index contributed by atoms with van der Waals surface area (Å²) in [5, 5.41) is 17.2. The first-order valence-electron chi connectivity index (χ1n) is 5.26. The van der Waals surface area contributed by atoms with Crippen molar-refractivity contribution in [2.75, 3.05) is 0 Å². The number of hydrogen-bond acceptors (Lipinski definition) is 2.